The Morgan fingerprint density at radius 1 is 1.23 bits per heavy atom. The molecule has 0 bridgehead atoms. The second-order valence-corrected chi connectivity index (χ2v) is 6.99. The Morgan fingerprint density at radius 3 is 2.69 bits per heavy atom. The number of carbonyl (C=O) groups is 1. The minimum atomic E-state index is -0.468. The van der Waals surface area contributed by atoms with Crippen LogP contribution in [0, 0.1) is 24.0 Å². The van der Waals surface area contributed by atoms with E-state index in [1.165, 1.54) is 46.7 Å². The second-order valence-electron chi connectivity index (χ2n) is 5.98. The molecule has 0 atom stereocenters. The molecule has 0 N–H and O–H groups in total. The van der Waals surface area contributed by atoms with Gasteiger partial charge in [-0.1, -0.05) is 23.5 Å². The number of nitro groups is 1. The van der Waals surface area contributed by atoms with Gasteiger partial charge in [0.1, 0.15) is 0 Å². The summed E-state index contributed by atoms with van der Waals surface area (Å²) in [5, 5.41) is 10.8. The maximum atomic E-state index is 12.2. The molecule has 0 aliphatic rings. The number of nitro benzene ring substituents is 1. The minimum absolute atomic E-state index is 0.0156. The fourth-order valence-electron chi connectivity index (χ4n) is 2.53. The van der Waals surface area contributed by atoms with E-state index in [0.29, 0.717) is 10.4 Å². The lowest BCUT2D eigenvalue weighted by molar-refractivity contribution is -0.384. The number of hydrogen-bond donors (Lipinski definition) is 0. The van der Waals surface area contributed by atoms with Crippen LogP contribution >= 0.6 is 11.3 Å². The summed E-state index contributed by atoms with van der Waals surface area (Å²) in [5.41, 5.74) is 3.98. The van der Waals surface area contributed by atoms with Gasteiger partial charge in [-0.05, 0) is 48.7 Å². The molecule has 0 radical (unpaired) electrons. The van der Waals surface area contributed by atoms with Gasteiger partial charge in [-0.15, -0.1) is 0 Å². The Bertz CT molecular complexity index is 1120. The molecule has 0 fully saturated rings. The average Bonchev–Trinajstić information content (AvgIpc) is 2.89. The molecule has 0 saturated carbocycles. The predicted octanol–water partition coefficient (Wildman–Crippen LogP) is 3.91. The normalized spacial score (nSPS) is 12.2. The van der Waals surface area contributed by atoms with Gasteiger partial charge < -0.3 is 4.57 Å². The summed E-state index contributed by atoms with van der Waals surface area (Å²) in [4.78, 5) is 27.3. The number of rotatable bonds is 3. The van der Waals surface area contributed by atoms with Crippen LogP contribution in [0.3, 0.4) is 0 Å². The third-order valence-electron chi connectivity index (χ3n) is 4.13. The number of nitrogens with zero attached hydrogens (tertiary/aromatic N) is 3. The van der Waals surface area contributed by atoms with Crippen molar-refractivity contribution < 1.29 is 9.72 Å². The molecule has 2 aromatic carbocycles. The van der Waals surface area contributed by atoms with Crippen LogP contribution in [0.25, 0.3) is 16.3 Å². The van der Waals surface area contributed by atoms with Gasteiger partial charge in [0.15, 0.2) is 4.80 Å². The number of hydrogen-bond acceptors (Lipinski definition) is 4. The molecule has 3 aromatic rings. The first-order valence-corrected chi connectivity index (χ1v) is 8.75. The summed E-state index contributed by atoms with van der Waals surface area (Å²) in [6, 6.07) is 10.3. The van der Waals surface area contributed by atoms with Crippen molar-refractivity contribution in [3.8, 4) is 0 Å². The molecule has 132 valence electrons. The first-order chi connectivity index (χ1) is 12.3. The van der Waals surface area contributed by atoms with E-state index >= 15 is 0 Å². The number of non-ortho nitro benzene ring substituents is 1. The Hall–Kier alpha value is -3.06. The van der Waals surface area contributed by atoms with E-state index in [4.69, 9.17) is 0 Å². The summed E-state index contributed by atoms with van der Waals surface area (Å²) in [6.45, 7) is 4.11. The van der Waals surface area contributed by atoms with Crippen LogP contribution in [0.1, 0.15) is 16.7 Å². The van der Waals surface area contributed by atoms with Gasteiger partial charge in [0, 0.05) is 25.3 Å². The lowest BCUT2D eigenvalue weighted by Crippen LogP contribution is -2.12. The third-order valence-corrected chi connectivity index (χ3v) is 5.22. The SMILES string of the molecule is Cc1cc2sc(=NC(=O)C=Cc3cccc([N+](=O)[O-])c3)n(C)c2cc1C. The fourth-order valence-corrected chi connectivity index (χ4v) is 3.63. The van der Waals surface area contributed by atoms with Crippen LogP contribution in [0.5, 0.6) is 0 Å². The number of benzene rings is 2. The van der Waals surface area contributed by atoms with E-state index in [0.717, 1.165) is 10.2 Å². The lowest BCUT2D eigenvalue weighted by atomic mass is 10.1. The molecular weight excluding hydrogens is 350 g/mol. The van der Waals surface area contributed by atoms with Crippen molar-refractivity contribution in [3.05, 3.63) is 74.1 Å². The Balaban J connectivity index is 1.91. The van der Waals surface area contributed by atoms with E-state index in [1.807, 2.05) is 11.6 Å². The van der Waals surface area contributed by atoms with Gasteiger partial charge in [-0.3, -0.25) is 14.9 Å². The monoisotopic (exact) mass is 367 g/mol. The summed E-state index contributed by atoms with van der Waals surface area (Å²) < 4.78 is 2.97. The molecule has 0 aliphatic carbocycles. The fraction of sp³-hybridized carbons (Fsp3) is 0.158. The molecule has 0 aliphatic heterocycles. The van der Waals surface area contributed by atoms with Crippen molar-refractivity contribution >= 4 is 39.2 Å². The van der Waals surface area contributed by atoms with Crippen LogP contribution in [-0.2, 0) is 11.8 Å². The largest absolute Gasteiger partial charge is 0.319 e. The van der Waals surface area contributed by atoms with E-state index in [1.54, 1.807) is 12.1 Å². The maximum absolute atomic E-state index is 12.2. The number of carbonyl (C=O) groups excluding carboxylic acids is 1. The highest BCUT2D eigenvalue weighted by Crippen LogP contribution is 2.21. The Labute approximate surface area is 153 Å². The standard InChI is InChI=1S/C19H17N3O3S/c1-12-9-16-17(10-13(12)2)26-19(21(16)3)20-18(23)8-7-14-5-4-6-15(11-14)22(24)25/h4-11H,1-3H3. The Morgan fingerprint density at radius 2 is 1.96 bits per heavy atom. The first kappa shape index (κ1) is 17.8. The van der Waals surface area contributed by atoms with Crippen molar-refractivity contribution in [2.75, 3.05) is 0 Å². The number of aryl methyl sites for hydroxylation is 3. The summed E-state index contributed by atoms with van der Waals surface area (Å²) >= 11 is 1.46. The zero-order chi connectivity index (χ0) is 18.8. The van der Waals surface area contributed by atoms with E-state index in [9.17, 15) is 14.9 Å². The molecule has 1 aromatic heterocycles. The van der Waals surface area contributed by atoms with Gasteiger partial charge in [0.05, 0.1) is 15.1 Å². The molecule has 0 saturated heterocycles. The molecule has 26 heavy (non-hydrogen) atoms. The number of fused-ring (bicyclic) bond motifs is 1. The average molecular weight is 367 g/mol. The first-order valence-electron chi connectivity index (χ1n) is 7.93. The minimum Gasteiger partial charge on any atom is -0.319 e. The van der Waals surface area contributed by atoms with Crippen LogP contribution in [0.2, 0.25) is 0 Å². The topological polar surface area (TPSA) is 77.5 Å². The van der Waals surface area contributed by atoms with E-state index < -0.39 is 10.8 Å². The number of aromatic nitrogens is 1. The zero-order valence-electron chi connectivity index (χ0n) is 14.6. The highest BCUT2D eigenvalue weighted by molar-refractivity contribution is 7.16. The molecular formula is C19H17N3O3S. The summed E-state index contributed by atoms with van der Waals surface area (Å²) in [5.74, 6) is -0.410. The number of amides is 1. The summed E-state index contributed by atoms with van der Waals surface area (Å²) in [7, 11) is 1.88. The van der Waals surface area contributed by atoms with Crippen LogP contribution < -0.4 is 4.80 Å². The second kappa shape index (κ2) is 7.05. The molecule has 7 heteroatoms. The van der Waals surface area contributed by atoms with Gasteiger partial charge in [0.25, 0.3) is 11.6 Å². The smallest absolute Gasteiger partial charge is 0.272 e. The predicted molar refractivity (Wildman–Crippen MR) is 103 cm³/mol. The molecule has 0 unspecified atom stereocenters. The molecule has 1 amide bonds. The van der Waals surface area contributed by atoms with E-state index in [-0.39, 0.29) is 5.69 Å². The van der Waals surface area contributed by atoms with Crippen molar-refractivity contribution in [3.63, 3.8) is 0 Å². The number of thiazole rings is 1. The van der Waals surface area contributed by atoms with E-state index in [2.05, 4.69) is 31.0 Å². The van der Waals surface area contributed by atoms with Crippen molar-refractivity contribution in [2.24, 2.45) is 12.0 Å². The van der Waals surface area contributed by atoms with Gasteiger partial charge >= 0.3 is 0 Å². The third kappa shape index (κ3) is 3.62. The highest BCUT2D eigenvalue weighted by atomic mass is 32.1. The summed E-state index contributed by atoms with van der Waals surface area (Å²) in [6.07, 6.45) is 2.85. The molecule has 0 spiro atoms. The van der Waals surface area contributed by atoms with Gasteiger partial charge in [0.2, 0.25) is 0 Å². The van der Waals surface area contributed by atoms with Crippen molar-refractivity contribution in [1.82, 2.24) is 4.57 Å². The van der Waals surface area contributed by atoms with Gasteiger partial charge in [-0.25, -0.2) is 0 Å². The van der Waals surface area contributed by atoms with Crippen LogP contribution in [-0.4, -0.2) is 15.4 Å². The molecule has 1 heterocycles. The van der Waals surface area contributed by atoms with Crippen LogP contribution in [0.4, 0.5) is 5.69 Å². The molecule has 3 rings (SSSR count). The highest BCUT2D eigenvalue weighted by Gasteiger charge is 2.07. The molecule has 6 nitrogen and oxygen atoms in total. The zero-order valence-corrected chi connectivity index (χ0v) is 15.4. The van der Waals surface area contributed by atoms with Crippen molar-refractivity contribution in [2.45, 2.75) is 13.8 Å². The maximum Gasteiger partial charge on any atom is 0.272 e. The lowest BCUT2D eigenvalue weighted by Gasteiger charge is -2.00. The van der Waals surface area contributed by atoms with Crippen LogP contribution in [0.15, 0.2) is 47.5 Å². The Kier molecular flexibility index (Phi) is 4.81. The van der Waals surface area contributed by atoms with Crippen molar-refractivity contribution in [1.29, 1.82) is 0 Å². The quantitative estimate of drug-likeness (QED) is 0.400. The van der Waals surface area contributed by atoms with Gasteiger partial charge in [-0.2, -0.15) is 4.99 Å².